The van der Waals surface area contributed by atoms with Crippen LogP contribution < -0.4 is 5.73 Å². The van der Waals surface area contributed by atoms with Gasteiger partial charge in [0.2, 0.25) is 0 Å². The first-order valence-electron chi connectivity index (χ1n) is 5.40. The van der Waals surface area contributed by atoms with Gasteiger partial charge < -0.3 is 5.73 Å². The lowest BCUT2D eigenvalue weighted by Gasteiger charge is -2.22. The standard InChI is InChI=1S/C11H18N2S/c1-8-3-2-4-10(8)11(12)5-9-6-13-7-14-9/h6-8,10-11H,2-5,12H2,1H3. The predicted octanol–water partition coefficient (Wildman–Crippen LogP) is 2.45. The molecule has 1 aliphatic rings. The van der Waals surface area contributed by atoms with Crippen molar-refractivity contribution in [2.75, 3.05) is 0 Å². The molecule has 1 heterocycles. The third-order valence-corrected chi connectivity index (χ3v) is 4.20. The molecule has 0 aromatic carbocycles. The summed E-state index contributed by atoms with van der Waals surface area (Å²) in [5, 5.41) is 0. The van der Waals surface area contributed by atoms with E-state index in [1.807, 2.05) is 11.7 Å². The van der Waals surface area contributed by atoms with Gasteiger partial charge in [-0.25, -0.2) is 0 Å². The van der Waals surface area contributed by atoms with Crippen molar-refractivity contribution in [3.63, 3.8) is 0 Å². The van der Waals surface area contributed by atoms with Crippen LogP contribution in [0.2, 0.25) is 0 Å². The zero-order valence-corrected chi connectivity index (χ0v) is 9.46. The van der Waals surface area contributed by atoms with E-state index in [0.717, 1.165) is 18.3 Å². The minimum absolute atomic E-state index is 0.341. The maximum absolute atomic E-state index is 6.24. The van der Waals surface area contributed by atoms with Crippen LogP contribution in [0.4, 0.5) is 0 Å². The van der Waals surface area contributed by atoms with E-state index in [1.165, 1.54) is 24.1 Å². The highest BCUT2D eigenvalue weighted by atomic mass is 32.1. The Hall–Kier alpha value is -0.410. The predicted molar refractivity (Wildman–Crippen MR) is 60.3 cm³/mol. The van der Waals surface area contributed by atoms with Crippen molar-refractivity contribution < 1.29 is 0 Å². The number of nitrogens with two attached hydrogens (primary N) is 1. The number of hydrogen-bond donors (Lipinski definition) is 1. The van der Waals surface area contributed by atoms with E-state index in [1.54, 1.807) is 11.3 Å². The molecule has 0 spiro atoms. The second kappa shape index (κ2) is 4.41. The molecule has 0 bridgehead atoms. The van der Waals surface area contributed by atoms with Gasteiger partial charge in [-0.3, -0.25) is 4.98 Å². The van der Waals surface area contributed by atoms with Gasteiger partial charge in [0, 0.05) is 17.1 Å². The fourth-order valence-electron chi connectivity index (χ4n) is 2.54. The van der Waals surface area contributed by atoms with Crippen molar-refractivity contribution in [1.29, 1.82) is 0 Å². The number of aromatic nitrogens is 1. The van der Waals surface area contributed by atoms with Crippen LogP contribution in [-0.4, -0.2) is 11.0 Å². The van der Waals surface area contributed by atoms with Crippen molar-refractivity contribution in [2.45, 2.75) is 38.6 Å². The first kappa shape index (κ1) is 10.1. The van der Waals surface area contributed by atoms with Crippen molar-refractivity contribution in [2.24, 2.45) is 17.6 Å². The lowest BCUT2D eigenvalue weighted by Crippen LogP contribution is -2.33. The molecule has 0 saturated heterocycles. The van der Waals surface area contributed by atoms with E-state index in [9.17, 15) is 0 Å². The van der Waals surface area contributed by atoms with Gasteiger partial charge in [-0.2, -0.15) is 0 Å². The molecule has 0 amide bonds. The number of hydrogen-bond acceptors (Lipinski definition) is 3. The number of nitrogens with zero attached hydrogens (tertiary/aromatic N) is 1. The Bertz CT molecular complexity index is 271. The second-order valence-electron chi connectivity index (χ2n) is 4.41. The quantitative estimate of drug-likeness (QED) is 0.832. The molecule has 2 rings (SSSR count). The van der Waals surface area contributed by atoms with Gasteiger partial charge >= 0.3 is 0 Å². The Morgan fingerprint density at radius 2 is 2.50 bits per heavy atom. The van der Waals surface area contributed by atoms with Crippen LogP contribution in [-0.2, 0) is 6.42 Å². The molecule has 0 aliphatic heterocycles. The normalized spacial score (nSPS) is 29.3. The Morgan fingerprint density at radius 3 is 3.07 bits per heavy atom. The maximum atomic E-state index is 6.24. The lowest BCUT2D eigenvalue weighted by atomic mass is 9.89. The third kappa shape index (κ3) is 2.15. The first-order valence-corrected chi connectivity index (χ1v) is 6.28. The van der Waals surface area contributed by atoms with E-state index in [-0.39, 0.29) is 0 Å². The van der Waals surface area contributed by atoms with E-state index < -0.39 is 0 Å². The Labute approximate surface area is 89.5 Å². The molecule has 3 unspecified atom stereocenters. The molecule has 2 N–H and O–H groups in total. The van der Waals surface area contributed by atoms with E-state index in [2.05, 4.69) is 11.9 Å². The number of thiazole rings is 1. The van der Waals surface area contributed by atoms with Gasteiger partial charge in [0.05, 0.1) is 5.51 Å². The largest absolute Gasteiger partial charge is 0.327 e. The summed E-state index contributed by atoms with van der Waals surface area (Å²) in [6.07, 6.45) is 7.01. The van der Waals surface area contributed by atoms with Gasteiger partial charge in [0.1, 0.15) is 0 Å². The molecule has 3 atom stereocenters. The summed E-state index contributed by atoms with van der Waals surface area (Å²) in [4.78, 5) is 5.41. The first-order chi connectivity index (χ1) is 6.77. The highest BCUT2D eigenvalue weighted by Gasteiger charge is 2.28. The average molecular weight is 210 g/mol. The van der Waals surface area contributed by atoms with Gasteiger partial charge in [-0.1, -0.05) is 19.8 Å². The zero-order valence-electron chi connectivity index (χ0n) is 8.65. The van der Waals surface area contributed by atoms with Gasteiger partial charge in [0.15, 0.2) is 0 Å². The summed E-state index contributed by atoms with van der Waals surface area (Å²) in [5.41, 5.74) is 8.13. The maximum Gasteiger partial charge on any atom is 0.0794 e. The monoisotopic (exact) mass is 210 g/mol. The van der Waals surface area contributed by atoms with Gasteiger partial charge in [0.25, 0.3) is 0 Å². The van der Waals surface area contributed by atoms with Gasteiger partial charge in [-0.05, 0) is 24.7 Å². The summed E-state index contributed by atoms with van der Waals surface area (Å²) >= 11 is 1.72. The van der Waals surface area contributed by atoms with Crippen LogP contribution in [0.5, 0.6) is 0 Å². The van der Waals surface area contributed by atoms with Crippen molar-refractivity contribution in [3.8, 4) is 0 Å². The van der Waals surface area contributed by atoms with Crippen LogP contribution in [0.15, 0.2) is 11.7 Å². The molecule has 3 heteroatoms. The van der Waals surface area contributed by atoms with Gasteiger partial charge in [-0.15, -0.1) is 11.3 Å². The molecule has 14 heavy (non-hydrogen) atoms. The number of rotatable bonds is 3. The zero-order chi connectivity index (χ0) is 9.97. The average Bonchev–Trinajstić information content (AvgIpc) is 2.75. The van der Waals surface area contributed by atoms with Crippen molar-refractivity contribution in [3.05, 3.63) is 16.6 Å². The molecule has 1 aliphatic carbocycles. The molecule has 1 fully saturated rings. The third-order valence-electron chi connectivity index (χ3n) is 3.40. The van der Waals surface area contributed by atoms with E-state index >= 15 is 0 Å². The summed E-state index contributed by atoms with van der Waals surface area (Å²) in [6.45, 7) is 2.34. The molecular formula is C11H18N2S. The Balaban J connectivity index is 1.92. The second-order valence-corrected chi connectivity index (χ2v) is 5.38. The Morgan fingerprint density at radius 1 is 1.64 bits per heavy atom. The van der Waals surface area contributed by atoms with E-state index in [4.69, 9.17) is 5.73 Å². The molecule has 1 aromatic heterocycles. The van der Waals surface area contributed by atoms with Crippen LogP contribution in [0.3, 0.4) is 0 Å². The van der Waals surface area contributed by atoms with Crippen LogP contribution in [0.1, 0.15) is 31.1 Å². The smallest absolute Gasteiger partial charge is 0.0794 e. The lowest BCUT2D eigenvalue weighted by molar-refractivity contribution is 0.344. The SMILES string of the molecule is CC1CCCC1C(N)Cc1cncs1. The highest BCUT2D eigenvalue weighted by molar-refractivity contribution is 7.09. The minimum Gasteiger partial charge on any atom is -0.327 e. The summed E-state index contributed by atoms with van der Waals surface area (Å²) in [7, 11) is 0. The van der Waals surface area contributed by atoms with Crippen molar-refractivity contribution >= 4 is 11.3 Å². The molecule has 78 valence electrons. The highest BCUT2D eigenvalue weighted by Crippen LogP contribution is 2.34. The van der Waals surface area contributed by atoms with Crippen LogP contribution in [0, 0.1) is 11.8 Å². The fraction of sp³-hybridized carbons (Fsp3) is 0.727. The fourth-order valence-corrected chi connectivity index (χ4v) is 3.20. The van der Waals surface area contributed by atoms with Crippen molar-refractivity contribution in [1.82, 2.24) is 4.98 Å². The molecule has 1 saturated carbocycles. The topological polar surface area (TPSA) is 38.9 Å². The van der Waals surface area contributed by atoms with Crippen LogP contribution >= 0.6 is 11.3 Å². The molecule has 0 radical (unpaired) electrons. The van der Waals surface area contributed by atoms with E-state index in [0.29, 0.717) is 6.04 Å². The summed E-state index contributed by atoms with van der Waals surface area (Å²) < 4.78 is 0. The molecule has 2 nitrogen and oxygen atoms in total. The Kier molecular flexibility index (Phi) is 3.19. The minimum atomic E-state index is 0.341. The molecular weight excluding hydrogens is 192 g/mol. The van der Waals surface area contributed by atoms with Crippen LogP contribution in [0.25, 0.3) is 0 Å². The summed E-state index contributed by atoms with van der Waals surface area (Å²) in [6, 6.07) is 0.341. The molecule has 1 aromatic rings. The summed E-state index contributed by atoms with van der Waals surface area (Å²) in [5.74, 6) is 1.55.